The lowest BCUT2D eigenvalue weighted by Gasteiger charge is -2.44. The summed E-state index contributed by atoms with van der Waals surface area (Å²) in [5.74, 6) is 0.554. The lowest BCUT2D eigenvalue weighted by Crippen LogP contribution is -2.52. The van der Waals surface area contributed by atoms with Crippen molar-refractivity contribution in [3.8, 4) is 0 Å². The molecule has 19 heavy (non-hydrogen) atoms. The fourth-order valence-electron chi connectivity index (χ4n) is 3.48. The zero-order valence-electron chi connectivity index (χ0n) is 11.5. The van der Waals surface area contributed by atoms with Crippen LogP contribution in [0, 0.1) is 5.92 Å². The number of carbonyl (C=O) groups is 1. The molecule has 0 bridgehead atoms. The third-order valence-electron chi connectivity index (χ3n) is 4.87. The summed E-state index contributed by atoms with van der Waals surface area (Å²) in [6.07, 6.45) is 9.30. The highest BCUT2D eigenvalue weighted by molar-refractivity contribution is 5.80. The highest BCUT2D eigenvalue weighted by Gasteiger charge is 2.41. The molecule has 0 heterocycles. The van der Waals surface area contributed by atoms with Crippen molar-refractivity contribution in [2.75, 3.05) is 0 Å². The maximum Gasteiger partial charge on any atom is 0.223 e. The summed E-state index contributed by atoms with van der Waals surface area (Å²) in [5.41, 5.74) is 1.22. The Balaban J connectivity index is 1.71. The number of amides is 1. The first kappa shape index (κ1) is 12.7. The summed E-state index contributed by atoms with van der Waals surface area (Å²) in [4.78, 5) is 12.5. The van der Waals surface area contributed by atoms with Gasteiger partial charge in [-0.25, -0.2) is 0 Å². The Morgan fingerprint density at radius 2 is 1.68 bits per heavy atom. The van der Waals surface area contributed by atoms with Crippen molar-refractivity contribution in [3.05, 3.63) is 35.9 Å². The number of nitrogens with one attached hydrogen (secondary N) is 1. The molecule has 2 heteroatoms. The van der Waals surface area contributed by atoms with Gasteiger partial charge in [-0.1, -0.05) is 49.6 Å². The molecule has 0 spiro atoms. The number of benzene rings is 1. The number of carbonyl (C=O) groups excluding carboxylic acids is 1. The average molecular weight is 257 g/mol. The van der Waals surface area contributed by atoms with E-state index in [1.54, 1.807) is 0 Å². The molecule has 0 aromatic heterocycles. The molecule has 102 valence electrons. The van der Waals surface area contributed by atoms with E-state index in [-0.39, 0.29) is 11.5 Å². The first-order valence-electron chi connectivity index (χ1n) is 7.68. The van der Waals surface area contributed by atoms with E-state index in [0.717, 1.165) is 25.7 Å². The topological polar surface area (TPSA) is 29.1 Å². The van der Waals surface area contributed by atoms with Crippen LogP contribution in [0.1, 0.15) is 56.9 Å². The van der Waals surface area contributed by atoms with Crippen molar-refractivity contribution >= 4 is 5.91 Å². The molecule has 0 aliphatic heterocycles. The molecular weight excluding hydrogens is 234 g/mol. The summed E-state index contributed by atoms with van der Waals surface area (Å²) in [6.45, 7) is 0. The van der Waals surface area contributed by atoms with Crippen molar-refractivity contribution < 1.29 is 4.79 Å². The van der Waals surface area contributed by atoms with Gasteiger partial charge in [-0.3, -0.25) is 4.79 Å². The van der Waals surface area contributed by atoms with Gasteiger partial charge in [-0.15, -0.1) is 0 Å². The molecule has 2 fully saturated rings. The van der Waals surface area contributed by atoms with E-state index in [2.05, 4.69) is 29.6 Å². The van der Waals surface area contributed by atoms with Gasteiger partial charge in [0, 0.05) is 5.92 Å². The zero-order valence-corrected chi connectivity index (χ0v) is 11.5. The molecule has 0 atom stereocenters. The van der Waals surface area contributed by atoms with Crippen LogP contribution in [0.5, 0.6) is 0 Å². The van der Waals surface area contributed by atoms with Crippen molar-refractivity contribution in [3.63, 3.8) is 0 Å². The highest BCUT2D eigenvalue weighted by atomic mass is 16.2. The minimum Gasteiger partial charge on any atom is -0.346 e. The standard InChI is InChI=1S/C17H23NO/c19-16(14-8-3-1-4-9-14)18-17(12-7-13-17)15-10-5-2-6-11-15/h2,5-6,10-11,14H,1,3-4,7-9,12-13H2,(H,18,19). The molecule has 1 N–H and O–H groups in total. The second-order valence-corrected chi connectivity index (χ2v) is 6.13. The van der Waals surface area contributed by atoms with E-state index in [9.17, 15) is 4.79 Å². The van der Waals surface area contributed by atoms with Crippen molar-refractivity contribution in [1.82, 2.24) is 5.32 Å². The maximum absolute atomic E-state index is 12.5. The molecule has 2 aliphatic rings. The lowest BCUT2D eigenvalue weighted by molar-refractivity contribution is -0.129. The van der Waals surface area contributed by atoms with Gasteiger partial charge >= 0.3 is 0 Å². The Morgan fingerprint density at radius 1 is 1.00 bits per heavy atom. The van der Waals surface area contributed by atoms with E-state index in [1.807, 2.05) is 6.07 Å². The molecule has 1 aromatic rings. The van der Waals surface area contributed by atoms with Crippen LogP contribution < -0.4 is 5.32 Å². The van der Waals surface area contributed by atoms with Crippen molar-refractivity contribution in [2.45, 2.75) is 56.9 Å². The van der Waals surface area contributed by atoms with Crippen LogP contribution >= 0.6 is 0 Å². The summed E-state index contributed by atoms with van der Waals surface area (Å²) >= 11 is 0. The fraction of sp³-hybridized carbons (Fsp3) is 0.588. The number of rotatable bonds is 3. The smallest absolute Gasteiger partial charge is 0.223 e. The monoisotopic (exact) mass is 257 g/mol. The van der Waals surface area contributed by atoms with Crippen LogP contribution in [0.15, 0.2) is 30.3 Å². The van der Waals surface area contributed by atoms with Gasteiger partial charge in [0.2, 0.25) is 5.91 Å². The van der Waals surface area contributed by atoms with Crippen molar-refractivity contribution in [2.24, 2.45) is 5.92 Å². The average Bonchev–Trinajstić information content (AvgIpc) is 2.44. The largest absolute Gasteiger partial charge is 0.346 e. The minimum absolute atomic E-state index is 0.0597. The van der Waals surface area contributed by atoms with E-state index in [1.165, 1.54) is 31.2 Å². The molecule has 0 unspecified atom stereocenters. The molecule has 3 rings (SSSR count). The van der Waals surface area contributed by atoms with Crippen LogP contribution in [-0.2, 0) is 10.3 Å². The highest BCUT2D eigenvalue weighted by Crippen LogP contribution is 2.41. The van der Waals surface area contributed by atoms with Gasteiger partial charge in [-0.2, -0.15) is 0 Å². The third-order valence-corrected chi connectivity index (χ3v) is 4.87. The fourth-order valence-corrected chi connectivity index (χ4v) is 3.48. The predicted molar refractivity (Wildman–Crippen MR) is 76.7 cm³/mol. The Kier molecular flexibility index (Phi) is 3.58. The molecular formula is C17H23NO. The van der Waals surface area contributed by atoms with Crippen LogP contribution in [0.25, 0.3) is 0 Å². The van der Waals surface area contributed by atoms with Crippen LogP contribution in [0.4, 0.5) is 0 Å². The van der Waals surface area contributed by atoms with Gasteiger partial charge in [0.25, 0.3) is 0 Å². The van der Waals surface area contributed by atoms with Gasteiger partial charge in [0.05, 0.1) is 5.54 Å². The van der Waals surface area contributed by atoms with Crippen molar-refractivity contribution in [1.29, 1.82) is 0 Å². The second kappa shape index (κ2) is 5.36. The molecule has 2 nitrogen and oxygen atoms in total. The van der Waals surface area contributed by atoms with Crippen LogP contribution in [0.2, 0.25) is 0 Å². The Hall–Kier alpha value is -1.31. The minimum atomic E-state index is -0.0597. The molecule has 1 amide bonds. The first-order valence-corrected chi connectivity index (χ1v) is 7.68. The van der Waals surface area contributed by atoms with E-state index in [4.69, 9.17) is 0 Å². The maximum atomic E-state index is 12.5. The zero-order chi connectivity index (χ0) is 13.1. The number of hydrogen-bond donors (Lipinski definition) is 1. The van der Waals surface area contributed by atoms with Gasteiger partial charge < -0.3 is 5.32 Å². The molecule has 2 saturated carbocycles. The van der Waals surface area contributed by atoms with Gasteiger partial charge in [0.1, 0.15) is 0 Å². The Bertz CT molecular complexity index is 430. The third kappa shape index (κ3) is 2.54. The Labute approximate surface area is 115 Å². The summed E-state index contributed by atoms with van der Waals surface area (Å²) in [6, 6.07) is 10.5. The predicted octanol–water partition coefficient (Wildman–Crippen LogP) is 3.76. The molecule has 1 aromatic carbocycles. The summed E-state index contributed by atoms with van der Waals surface area (Å²) in [5, 5.41) is 3.38. The van der Waals surface area contributed by atoms with Gasteiger partial charge in [-0.05, 0) is 37.7 Å². The quantitative estimate of drug-likeness (QED) is 0.877. The van der Waals surface area contributed by atoms with E-state index in [0.29, 0.717) is 5.91 Å². The Morgan fingerprint density at radius 3 is 2.26 bits per heavy atom. The van der Waals surface area contributed by atoms with E-state index < -0.39 is 0 Å². The molecule has 2 aliphatic carbocycles. The number of hydrogen-bond acceptors (Lipinski definition) is 1. The normalized spacial score (nSPS) is 22.5. The summed E-state index contributed by atoms with van der Waals surface area (Å²) in [7, 11) is 0. The van der Waals surface area contributed by atoms with Crippen LogP contribution in [0.3, 0.4) is 0 Å². The first-order chi connectivity index (χ1) is 9.30. The molecule has 0 radical (unpaired) electrons. The SMILES string of the molecule is O=C(NC1(c2ccccc2)CCC1)C1CCCCC1. The lowest BCUT2D eigenvalue weighted by atomic mass is 9.71. The second-order valence-electron chi connectivity index (χ2n) is 6.13. The van der Waals surface area contributed by atoms with Gasteiger partial charge in [0.15, 0.2) is 0 Å². The molecule has 0 saturated heterocycles. The van der Waals surface area contributed by atoms with E-state index >= 15 is 0 Å². The van der Waals surface area contributed by atoms with Crippen LogP contribution in [-0.4, -0.2) is 5.91 Å². The summed E-state index contributed by atoms with van der Waals surface area (Å²) < 4.78 is 0.